The van der Waals surface area contributed by atoms with E-state index in [1.165, 1.54) is 0 Å². The number of aryl methyl sites for hydroxylation is 1. The van der Waals surface area contributed by atoms with Gasteiger partial charge in [-0.2, -0.15) is 5.10 Å². The maximum atomic E-state index is 13.2. The molecular weight excluding hydrogens is 394 g/mol. The molecule has 1 aliphatic heterocycles. The van der Waals surface area contributed by atoms with Crippen LogP contribution in [0.1, 0.15) is 44.6 Å². The summed E-state index contributed by atoms with van der Waals surface area (Å²) in [5.41, 5.74) is 4.43. The molecule has 0 spiro atoms. The molecule has 3 aromatic rings. The van der Waals surface area contributed by atoms with Crippen molar-refractivity contribution in [2.45, 2.75) is 26.8 Å². The number of carbonyl (C=O) groups excluding carboxylic acids is 2. The van der Waals surface area contributed by atoms with Crippen molar-refractivity contribution in [3.63, 3.8) is 0 Å². The van der Waals surface area contributed by atoms with E-state index >= 15 is 0 Å². The third-order valence-electron chi connectivity index (χ3n) is 5.43. The van der Waals surface area contributed by atoms with Crippen LogP contribution in [-0.2, 0) is 17.7 Å². The fraction of sp³-hybridized carbons (Fsp3) is 0.292. The summed E-state index contributed by atoms with van der Waals surface area (Å²) in [5.74, 6) is -0.0866. The molecule has 7 nitrogen and oxygen atoms in total. The summed E-state index contributed by atoms with van der Waals surface area (Å²) in [6.07, 6.45) is 0.580. The lowest BCUT2D eigenvalue weighted by Gasteiger charge is -2.28. The number of ether oxygens (including phenoxy) is 2. The molecule has 0 saturated heterocycles. The van der Waals surface area contributed by atoms with Crippen LogP contribution >= 0.6 is 0 Å². The van der Waals surface area contributed by atoms with Gasteiger partial charge in [-0.3, -0.25) is 4.79 Å². The van der Waals surface area contributed by atoms with Crippen LogP contribution in [0.5, 0.6) is 5.75 Å². The highest BCUT2D eigenvalue weighted by molar-refractivity contribution is 5.97. The molecule has 0 fully saturated rings. The Morgan fingerprint density at radius 3 is 2.55 bits per heavy atom. The van der Waals surface area contributed by atoms with Crippen LogP contribution in [0.2, 0.25) is 0 Å². The average Bonchev–Trinajstić information content (AvgIpc) is 3.18. The number of nitrogens with zero attached hydrogens (tertiary/aromatic N) is 3. The van der Waals surface area contributed by atoms with Crippen LogP contribution in [0.15, 0.2) is 48.5 Å². The van der Waals surface area contributed by atoms with Gasteiger partial charge >= 0.3 is 5.97 Å². The summed E-state index contributed by atoms with van der Waals surface area (Å²) in [6.45, 7) is 4.84. The lowest BCUT2D eigenvalue weighted by atomic mass is 10.0. The highest BCUT2D eigenvalue weighted by atomic mass is 16.5. The van der Waals surface area contributed by atoms with Gasteiger partial charge in [-0.1, -0.05) is 29.8 Å². The first-order valence-corrected chi connectivity index (χ1v) is 10.3. The predicted octanol–water partition coefficient (Wildman–Crippen LogP) is 3.56. The quantitative estimate of drug-likeness (QED) is 0.591. The number of benzene rings is 2. The zero-order valence-electron chi connectivity index (χ0n) is 17.9. The fourth-order valence-electron chi connectivity index (χ4n) is 3.85. The zero-order chi connectivity index (χ0) is 22.0. The van der Waals surface area contributed by atoms with E-state index < -0.39 is 5.97 Å². The number of hydrogen-bond acceptors (Lipinski definition) is 5. The van der Waals surface area contributed by atoms with E-state index in [1.807, 2.05) is 43.3 Å². The molecule has 0 radical (unpaired) electrons. The molecule has 4 rings (SSSR count). The van der Waals surface area contributed by atoms with Gasteiger partial charge in [0, 0.05) is 18.5 Å². The third-order valence-corrected chi connectivity index (χ3v) is 5.43. The Bertz CT molecular complexity index is 1120. The van der Waals surface area contributed by atoms with E-state index in [0.717, 1.165) is 22.5 Å². The topological polar surface area (TPSA) is 73.7 Å². The van der Waals surface area contributed by atoms with Gasteiger partial charge in [-0.05, 0) is 38.1 Å². The van der Waals surface area contributed by atoms with Crippen LogP contribution < -0.4 is 4.74 Å². The first kappa shape index (κ1) is 20.7. The van der Waals surface area contributed by atoms with Crippen molar-refractivity contribution in [2.75, 3.05) is 20.3 Å². The first-order chi connectivity index (χ1) is 15.0. The largest absolute Gasteiger partial charge is 0.496 e. The smallest absolute Gasteiger partial charge is 0.359 e. The number of amides is 1. The molecule has 2 aromatic carbocycles. The minimum Gasteiger partial charge on any atom is -0.496 e. The predicted molar refractivity (Wildman–Crippen MR) is 116 cm³/mol. The number of rotatable bonds is 5. The van der Waals surface area contributed by atoms with E-state index in [2.05, 4.69) is 5.10 Å². The molecule has 7 heteroatoms. The molecule has 1 aromatic heterocycles. The zero-order valence-corrected chi connectivity index (χ0v) is 17.9. The summed E-state index contributed by atoms with van der Waals surface area (Å²) in [5, 5.41) is 4.59. The van der Waals surface area contributed by atoms with Gasteiger partial charge in [0.05, 0.1) is 37.2 Å². The van der Waals surface area contributed by atoms with Crippen molar-refractivity contribution in [1.29, 1.82) is 0 Å². The van der Waals surface area contributed by atoms with Gasteiger partial charge in [0.1, 0.15) is 5.75 Å². The summed E-state index contributed by atoms with van der Waals surface area (Å²) in [7, 11) is 1.55. The Morgan fingerprint density at radius 1 is 1.10 bits per heavy atom. The molecule has 0 unspecified atom stereocenters. The van der Waals surface area contributed by atoms with E-state index in [9.17, 15) is 9.59 Å². The number of esters is 1. The van der Waals surface area contributed by atoms with Crippen LogP contribution in [-0.4, -0.2) is 46.8 Å². The second-order valence-corrected chi connectivity index (χ2v) is 7.42. The lowest BCUT2D eigenvalue weighted by molar-refractivity contribution is 0.0513. The lowest BCUT2D eigenvalue weighted by Crippen LogP contribution is -2.37. The molecule has 0 bridgehead atoms. The maximum Gasteiger partial charge on any atom is 0.359 e. The number of aromatic nitrogens is 2. The Balaban J connectivity index is 1.72. The molecule has 0 aliphatic carbocycles. The van der Waals surface area contributed by atoms with Gasteiger partial charge in [-0.15, -0.1) is 0 Å². The van der Waals surface area contributed by atoms with Crippen molar-refractivity contribution in [2.24, 2.45) is 0 Å². The molecular formula is C24H25N3O4. The minimum absolute atomic E-state index is 0.138. The molecule has 0 N–H and O–H groups in total. The Labute approximate surface area is 181 Å². The number of fused-ring (bicyclic) bond motifs is 1. The fourth-order valence-corrected chi connectivity index (χ4v) is 3.85. The van der Waals surface area contributed by atoms with Crippen molar-refractivity contribution in [3.8, 4) is 11.4 Å². The van der Waals surface area contributed by atoms with Crippen LogP contribution in [0.3, 0.4) is 0 Å². The number of hydrogen-bond donors (Lipinski definition) is 0. The van der Waals surface area contributed by atoms with Crippen molar-refractivity contribution in [3.05, 3.63) is 76.6 Å². The summed E-state index contributed by atoms with van der Waals surface area (Å²) < 4.78 is 12.4. The highest BCUT2D eigenvalue weighted by Crippen LogP contribution is 2.28. The normalized spacial score (nSPS) is 12.9. The first-order valence-electron chi connectivity index (χ1n) is 10.3. The minimum atomic E-state index is -0.476. The maximum absolute atomic E-state index is 13.2. The number of carbonyl (C=O) groups is 2. The van der Waals surface area contributed by atoms with Gasteiger partial charge in [0.2, 0.25) is 0 Å². The Kier molecular flexibility index (Phi) is 5.75. The van der Waals surface area contributed by atoms with Gasteiger partial charge < -0.3 is 14.4 Å². The number of methoxy groups -OCH3 is 1. The SMILES string of the molecule is CCOC(=O)c1nn(-c2ccc(C)cc2)c2c1CN(C(=O)c1ccccc1OC)CC2. The third kappa shape index (κ3) is 3.91. The molecule has 0 atom stereocenters. The van der Waals surface area contributed by atoms with E-state index in [1.54, 1.807) is 35.7 Å². The summed E-state index contributed by atoms with van der Waals surface area (Å²) in [6, 6.07) is 15.1. The van der Waals surface area contributed by atoms with Gasteiger partial charge in [-0.25, -0.2) is 9.48 Å². The highest BCUT2D eigenvalue weighted by Gasteiger charge is 2.32. The average molecular weight is 419 g/mol. The standard InChI is InChI=1S/C24H25N3O4/c1-4-31-24(29)22-19-15-26(23(28)18-7-5-6-8-21(18)30-3)14-13-20(19)27(25-22)17-11-9-16(2)10-12-17/h5-12H,4,13-15H2,1-3H3. The number of para-hydroxylation sites is 1. The van der Waals surface area contributed by atoms with E-state index in [0.29, 0.717) is 24.3 Å². The van der Waals surface area contributed by atoms with Crippen LogP contribution in [0.4, 0.5) is 0 Å². The van der Waals surface area contributed by atoms with Crippen molar-refractivity contribution >= 4 is 11.9 Å². The Hall–Kier alpha value is -3.61. The second kappa shape index (κ2) is 8.63. The summed E-state index contributed by atoms with van der Waals surface area (Å²) >= 11 is 0. The van der Waals surface area contributed by atoms with Crippen molar-refractivity contribution < 1.29 is 19.1 Å². The van der Waals surface area contributed by atoms with E-state index in [-0.39, 0.29) is 24.8 Å². The monoisotopic (exact) mass is 419 g/mol. The molecule has 1 amide bonds. The molecule has 1 aliphatic rings. The Morgan fingerprint density at radius 2 is 1.84 bits per heavy atom. The molecule has 2 heterocycles. The molecule has 0 saturated carbocycles. The van der Waals surface area contributed by atoms with Crippen LogP contribution in [0.25, 0.3) is 5.69 Å². The van der Waals surface area contributed by atoms with Crippen LogP contribution in [0, 0.1) is 6.92 Å². The van der Waals surface area contributed by atoms with Gasteiger partial charge in [0.25, 0.3) is 5.91 Å². The summed E-state index contributed by atoms with van der Waals surface area (Å²) in [4.78, 5) is 27.6. The molecule has 31 heavy (non-hydrogen) atoms. The van der Waals surface area contributed by atoms with E-state index in [4.69, 9.17) is 9.47 Å². The molecule has 160 valence electrons. The van der Waals surface area contributed by atoms with Crippen molar-refractivity contribution in [1.82, 2.24) is 14.7 Å². The second-order valence-electron chi connectivity index (χ2n) is 7.42. The van der Waals surface area contributed by atoms with Gasteiger partial charge in [0.15, 0.2) is 5.69 Å².